The minimum atomic E-state index is 0.0764. The summed E-state index contributed by atoms with van der Waals surface area (Å²) < 4.78 is 7.23. The van der Waals surface area contributed by atoms with Crippen molar-refractivity contribution in [3.8, 4) is 5.75 Å². The molecule has 4 rings (SSSR count). The number of nitrogens with one attached hydrogen (secondary N) is 1. The summed E-state index contributed by atoms with van der Waals surface area (Å²) in [5.74, 6) is 1.32. The molecule has 0 radical (unpaired) electrons. The van der Waals surface area contributed by atoms with E-state index < -0.39 is 0 Å². The molecule has 6 nitrogen and oxygen atoms in total. The molecular weight excluding hydrogens is 414 g/mol. The molecule has 2 amide bonds. The molecule has 1 fully saturated rings. The summed E-state index contributed by atoms with van der Waals surface area (Å²) in [4.78, 5) is 27.5. The second kappa shape index (κ2) is 10.1. The van der Waals surface area contributed by atoms with Crippen molar-refractivity contribution in [2.75, 3.05) is 26.7 Å². The number of piperidine rings is 1. The van der Waals surface area contributed by atoms with Crippen LogP contribution in [0.1, 0.15) is 40.9 Å². The van der Waals surface area contributed by atoms with Crippen molar-refractivity contribution < 1.29 is 14.3 Å². The van der Waals surface area contributed by atoms with Crippen molar-refractivity contribution in [2.24, 2.45) is 13.0 Å². The molecule has 1 saturated heterocycles. The number of aromatic nitrogens is 1. The summed E-state index contributed by atoms with van der Waals surface area (Å²) in [7, 11) is 3.61. The fraction of sp³-hybridized carbons (Fsp3) is 0.407. The zero-order chi connectivity index (χ0) is 23.4. The molecule has 6 heteroatoms. The molecule has 0 atom stereocenters. The Morgan fingerprint density at radius 3 is 2.64 bits per heavy atom. The average Bonchev–Trinajstić information content (AvgIpc) is 3.14. The fourth-order valence-corrected chi connectivity index (χ4v) is 4.68. The van der Waals surface area contributed by atoms with E-state index in [2.05, 4.69) is 30.4 Å². The van der Waals surface area contributed by atoms with Crippen LogP contribution in [0, 0.1) is 12.8 Å². The van der Waals surface area contributed by atoms with E-state index in [0.29, 0.717) is 32.0 Å². The molecule has 0 bridgehead atoms. The first kappa shape index (κ1) is 22.9. The predicted octanol–water partition coefficient (Wildman–Crippen LogP) is 4.10. The van der Waals surface area contributed by atoms with Crippen LogP contribution in [0.4, 0.5) is 0 Å². The zero-order valence-electron chi connectivity index (χ0n) is 19.8. The molecule has 0 unspecified atom stereocenters. The van der Waals surface area contributed by atoms with Gasteiger partial charge in [0.1, 0.15) is 11.4 Å². The minimum Gasteiger partial charge on any atom is -0.497 e. The largest absolute Gasteiger partial charge is 0.497 e. The Balaban J connectivity index is 1.24. The topological polar surface area (TPSA) is 63.6 Å². The first-order valence-corrected chi connectivity index (χ1v) is 11.7. The number of benzene rings is 2. The van der Waals surface area contributed by atoms with Crippen molar-refractivity contribution in [3.05, 3.63) is 65.4 Å². The molecule has 1 aromatic heterocycles. The predicted molar refractivity (Wildman–Crippen MR) is 131 cm³/mol. The summed E-state index contributed by atoms with van der Waals surface area (Å²) in [6, 6.07) is 16.2. The molecule has 2 heterocycles. The standard InChI is InChI=1S/C27H33N3O3/c1-19-7-8-24-22(15-19)18-25(29(24)2)27(32)30-13-10-21(11-14-30)17-26(31)28-12-9-20-5-4-6-23(16-20)33-3/h4-8,15-16,18,21H,9-14,17H2,1-3H3,(H,28,31). The van der Waals surface area contributed by atoms with Crippen LogP contribution in [0.15, 0.2) is 48.5 Å². The highest BCUT2D eigenvalue weighted by molar-refractivity contribution is 5.99. The van der Waals surface area contributed by atoms with Gasteiger partial charge in [-0.15, -0.1) is 0 Å². The van der Waals surface area contributed by atoms with Crippen LogP contribution in [-0.4, -0.2) is 48.0 Å². The number of likely N-dealkylation sites (tertiary alicyclic amines) is 1. The smallest absolute Gasteiger partial charge is 0.270 e. The van der Waals surface area contributed by atoms with Gasteiger partial charge in [0.15, 0.2) is 0 Å². The van der Waals surface area contributed by atoms with Gasteiger partial charge in [0.05, 0.1) is 7.11 Å². The normalized spacial score (nSPS) is 14.5. The van der Waals surface area contributed by atoms with Crippen LogP contribution in [0.5, 0.6) is 5.75 Å². The van der Waals surface area contributed by atoms with Crippen molar-refractivity contribution >= 4 is 22.7 Å². The highest BCUT2D eigenvalue weighted by atomic mass is 16.5. The Morgan fingerprint density at radius 1 is 1.09 bits per heavy atom. The van der Waals surface area contributed by atoms with Crippen LogP contribution in [0.3, 0.4) is 0 Å². The van der Waals surface area contributed by atoms with E-state index in [0.717, 1.165) is 47.2 Å². The van der Waals surface area contributed by atoms with Crippen molar-refractivity contribution in [1.82, 2.24) is 14.8 Å². The SMILES string of the molecule is COc1cccc(CCNC(=O)CC2CCN(C(=O)c3cc4cc(C)ccc4n3C)CC2)c1. The van der Waals surface area contributed by atoms with E-state index in [4.69, 9.17) is 4.74 Å². The number of carbonyl (C=O) groups is 2. The lowest BCUT2D eigenvalue weighted by atomic mass is 9.93. The number of nitrogens with zero attached hydrogens (tertiary/aromatic N) is 2. The van der Waals surface area contributed by atoms with Crippen molar-refractivity contribution in [1.29, 1.82) is 0 Å². The van der Waals surface area contributed by atoms with Gasteiger partial charge in [0, 0.05) is 44.0 Å². The van der Waals surface area contributed by atoms with Crippen molar-refractivity contribution in [3.63, 3.8) is 0 Å². The average molecular weight is 448 g/mol. The number of methoxy groups -OCH3 is 1. The maximum atomic E-state index is 13.1. The second-order valence-electron chi connectivity index (χ2n) is 9.04. The summed E-state index contributed by atoms with van der Waals surface area (Å²) in [6.45, 7) is 4.07. The van der Waals surface area contributed by atoms with Crippen LogP contribution < -0.4 is 10.1 Å². The maximum Gasteiger partial charge on any atom is 0.270 e. The van der Waals surface area contributed by atoms with E-state index in [1.807, 2.05) is 46.8 Å². The summed E-state index contributed by atoms with van der Waals surface area (Å²) in [5, 5.41) is 4.14. The molecule has 0 spiro atoms. The number of ether oxygens (including phenoxy) is 1. The number of rotatable bonds is 7. The van der Waals surface area contributed by atoms with Crippen LogP contribution in [0.25, 0.3) is 10.9 Å². The van der Waals surface area contributed by atoms with Gasteiger partial charge in [0.25, 0.3) is 5.91 Å². The Morgan fingerprint density at radius 2 is 1.88 bits per heavy atom. The Kier molecular flexibility index (Phi) is 7.02. The molecule has 1 aliphatic heterocycles. The van der Waals surface area contributed by atoms with Crippen LogP contribution in [0.2, 0.25) is 0 Å². The van der Waals surface area contributed by atoms with E-state index in [-0.39, 0.29) is 11.8 Å². The Labute approximate surface area is 195 Å². The first-order valence-electron chi connectivity index (χ1n) is 11.7. The van der Waals surface area contributed by atoms with Gasteiger partial charge in [-0.2, -0.15) is 0 Å². The number of hydrogen-bond acceptors (Lipinski definition) is 3. The third kappa shape index (κ3) is 5.38. The summed E-state index contributed by atoms with van der Waals surface area (Å²) >= 11 is 0. The molecule has 1 N–H and O–H groups in total. The number of carbonyl (C=O) groups excluding carboxylic acids is 2. The number of aryl methyl sites for hydroxylation is 2. The molecular formula is C27H33N3O3. The molecule has 1 aliphatic rings. The lowest BCUT2D eigenvalue weighted by molar-refractivity contribution is -0.122. The zero-order valence-corrected chi connectivity index (χ0v) is 19.8. The molecule has 0 aliphatic carbocycles. The highest BCUT2D eigenvalue weighted by Crippen LogP contribution is 2.25. The molecule has 33 heavy (non-hydrogen) atoms. The van der Waals surface area contributed by atoms with E-state index in [1.165, 1.54) is 5.56 Å². The van der Waals surface area contributed by atoms with Crippen molar-refractivity contribution in [2.45, 2.75) is 32.6 Å². The summed E-state index contributed by atoms with van der Waals surface area (Å²) in [6.07, 6.45) is 3.02. The Hall–Kier alpha value is -3.28. The van der Waals surface area contributed by atoms with E-state index in [1.54, 1.807) is 7.11 Å². The lowest BCUT2D eigenvalue weighted by Crippen LogP contribution is -2.40. The van der Waals surface area contributed by atoms with Gasteiger partial charge in [-0.05, 0) is 68.0 Å². The highest BCUT2D eigenvalue weighted by Gasteiger charge is 2.26. The third-order valence-corrected chi connectivity index (χ3v) is 6.66. The monoisotopic (exact) mass is 447 g/mol. The first-order chi connectivity index (χ1) is 15.9. The quantitative estimate of drug-likeness (QED) is 0.593. The van der Waals surface area contributed by atoms with Gasteiger partial charge in [-0.1, -0.05) is 23.8 Å². The maximum absolute atomic E-state index is 13.1. The molecule has 174 valence electrons. The summed E-state index contributed by atoms with van der Waals surface area (Å²) in [5.41, 5.74) is 4.13. The van der Waals surface area contributed by atoms with Gasteiger partial charge in [0.2, 0.25) is 5.91 Å². The Bertz CT molecular complexity index is 1140. The lowest BCUT2D eigenvalue weighted by Gasteiger charge is -2.31. The molecule has 2 aromatic carbocycles. The van der Waals surface area contributed by atoms with E-state index >= 15 is 0 Å². The van der Waals surface area contributed by atoms with Gasteiger partial charge in [-0.25, -0.2) is 0 Å². The second-order valence-corrected chi connectivity index (χ2v) is 9.04. The fourth-order valence-electron chi connectivity index (χ4n) is 4.68. The minimum absolute atomic E-state index is 0.0764. The van der Waals surface area contributed by atoms with Crippen LogP contribution >= 0.6 is 0 Å². The van der Waals surface area contributed by atoms with Gasteiger partial charge < -0.3 is 19.5 Å². The number of fused-ring (bicyclic) bond motifs is 1. The third-order valence-electron chi connectivity index (χ3n) is 6.66. The molecule has 0 saturated carbocycles. The van der Waals surface area contributed by atoms with Gasteiger partial charge >= 0.3 is 0 Å². The van der Waals surface area contributed by atoms with Crippen LogP contribution in [-0.2, 0) is 18.3 Å². The van der Waals surface area contributed by atoms with E-state index in [9.17, 15) is 9.59 Å². The number of amides is 2. The number of hydrogen-bond donors (Lipinski definition) is 1. The molecule has 3 aromatic rings. The van der Waals surface area contributed by atoms with Gasteiger partial charge in [-0.3, -0.25) is 9.59 Å².